The van der Waals surface area contributed by atoms with Gasteiger partial charge >= 0.3 is 0 Å². The maximum Gasteiger partial charge on any atom is 0.125 e. The number of hydrogen-bond acceptors (Lipinski definition) is 2. The van der Waals surface area contributed by atoms with Crippen LogP contribution in [0.2, 0.25) is 0 Å². The highest BCUT2D eigenvalue weighted by Gasteiger charge is 2.09. The second-order valence-corrected chi connectivity index (χ2v) is 4.02. The molecule has 2 aromatic rings. The topological polar surface area (TPSA) is 62.0 Å². The maximum atomic E-state index is 9.71. The molecule has 0 amide bonds. The lowest BCUT2D eigenvalue weighted by Gasteiger charge is -2.00. The van der Waals surface area contributed by atoms with E-state index in [9.17, 15) is 5.11 Å². The molecule has 0 radical (unpaired) electrons. The van der Waals surface area contributed by atoms with Crippen molar-refractivity contribution in [1.29, 1.82) is 0 Å². The summed E-state index contributed by atoms with van der Waals surface area (Å²) < 4.78 is 0.952. The average Bonchev–Trinajstić information content (AvgIpc) is 2.58. The molecule has 14 heavy (non-hydrogen) atoms. The van der Waals surface area contributed by atoms with Crippen LogP contribution in [0.4, 0.5) is 0 Å². The number of nitrogens with one attached hydrogen (secondary N) is 1. The number of nitrogens with two attached hydrogens (primary N) is 1. The lowest BCUT2D eigenvalue weighted by atomic mass is 10.1. The molecule has 0 spiro atoms. The fourth-order valence-corrected chi connectivity index (χ4v) is 2.06. The van der Waals surface area contributed by atoms with E-state index in [0.717, 1.165) is 27.4 Å². The Morgan fingerprint density at radius 2 is 2.21 bits per heavy atom. The second-order valence-electron chi connectivity index (χ2n) is 3.17. The fourth-order valence-electron chi connectivity index (χ4n) is 1.62. The molecule has 1 heterocycles. The Balaban J connectivity index is 2.70. The minimum absolute atomic E-state index is 0.299. The van der Waals surface area contributed by atoms with Crippen LogP contribution in [0.5, 0.6) is 5.75 Å². The number of phenolic OH excluding ortho intramolecular Hbond substituents is 1. The van der Waals surface area contributed by atoms with Gasteiger partial charge in [-0.2, -0.15) is 0 Å². The summed E-state index contributed by atoms with van der Waals surface area (Å²) in [5.41, 5.74) is 7.47. The van der Waals surface area contributed by atoms with Crippen molar-refractivity contribution in [2.75, 3.05) is 6.54 Å². The van der Waals surface area contributed by atoms with E-state index in [2.05, 4.69) is 20.9 Å². The summed E-state index contributed by atoms with van der Waals surface area (Å²) in [6, 6.07) is 3.50. The van der Waals surface area contributed by atoms with Crippen LogP contribution in [0.25, 0.3) is 10.9 Å². The molecular formula is C10H11BrN2O. The van der Waals surface area contributed by atoms with Crippen LogP contribution in [0, 0.1) is 0 Å². The number of hydrogen-bond donors (Lipinski definition) is 3. The van der Waals surface area contributed by atoms with Gasteiger partial charge in [0.15, 0.2) is 0 Å². The first-order valence-corrected chi connectivity index (χ1v) is 5.21. The molecule has 0 aliphatic carbocycles. The van der Waals surface area contributed by atoms with Crippen molar-refractivity contribution in [3.05, 3.63) is 28.4 Å². The predicted octanol–water partition coefficient (Wildman–Crippen LogP) is 2.14. The Morgan fingerprint density at radius 1 is 1.43 bits per heavy atom. The minimum Gasteiger partial charge on any atom is -0.507 e. The third-order valence-corrected chi connectivity index (χ3v) is 2.92. The van der Waals surface area contributed by atoms with Gasteiger partial charge in [0.05, 0.1) is 5.52 Å². The zero-order chi connectivity index (χ0) is 10.1. The molecule has 1 aromatic heterocycles. The molecule has 4 N–H and O–H groups in total. The highest BCUT2D eigenvalue weighted by Crippen LogP contribution is 2.32. The molecule has 0 bridgehead atoms. The molecular weight excluding hydrogens is 244 g/mol. The molecule has 0 aliphatic rings. The van der Waals surface area contributed by atoms with E-state index >= 15 is 0 Å². The van der Waals surface area contributed by atoms with Crippen molar-refractivity contribution in [2.24, 2.45) is 5.73 Å². The van der Waals surface area contributed by atoms with Crippen molar-refractivity contribution >= 4 is 26.8 Å². The molecule has 0 saturated carbocycles. The first-order valence-electron chi connectivity index (χ1n) is 4.41. The van der Waals surface area contributed by atoms with Crippen LogP contribution in [-0.2, 0) is 6.42 Å². The van der Waals surface area contributed by atoms with Gasteiger partial charge in [-0.05, 0) is 46.6 Å². The molecule has 0 atom stereocenters. The Hall–Kier alpha value is -1.00. The van der Waals surface area contributed by atoms with Gasteiger partial charge in [-0.25, -0.2) is 0 Å². The quantitative estimate of drug-likeness (QED) is 0.769. The normalized spacial score (nSPS) is 11.0. The Labute approximate surface area is 90.1 Å². The third-order valence-electron chi connectivity index (χ3n) is 2.26. The van der Waals surface area contributed by atoms with Gasteiger partial charge in [-0.3, -0.25) is 0 Å². The number of fused-ring (bicyclic) bond motifs is 1. The number of aromatic hydroxyl groups is 1. The van der Waals surface area contributed by atoms with Crippen LogP contribution < -0.4 is 5.73 Å². The van der Waals surface area contributed by atoms with Crippen LogP contribution in [0.1, 0.15) is 5.56 Å². The van der Waals surface area contributed by atoms with Gasteiger partial charge in [0, 0.05) is 16.1 Å². The van der Waals surface area contributed by atoms with Crippen molar-refractivity contribution in [2.45, 2.75) is 6.42 Å². The second kappa shape index (κ2) is 3.63. The summed E-state index contributed by atoms with van der Waals surface area (Å²) >= 11 is 3.42. The number of benzene rings is 1. The molecule has 3 nitrogen and oxygen atoms in total. The fraction of sp³-hybridized carbons (Fsp3) is 0.200. The smallest absolute Gasteiger partial charge is 0.125 e. The van der Waals surface area contributed by atoms with Gasteiger partial charge in [0.1, 0.15) is 5.75 Å². The Morgan fingerprint density at radius 3 is 2.93 bits per heavy atom. The van der Waals surface area contributed by atoms with Crippen molar-refractivity contribution < 1.29 is 5.11 Å². The zero-order valence-electron chi connectivity index (χ0n) is 7.55. The number of phenols is 1. The standard InChI is InChI=1S/C10H11BrN2O/c11-7-1-2-8(14)9-6(3-4-12)5-13-10(7)9/h1-2,5,13-14H,3-4,12H2. The van der Waals surface area contributed by atoms with E-state index in [4.69, 9.17) is 5.73 Å². The molecule has 0 fully saturated rings. The Kier molecular flexibility index (Phi) is 2.48. The van der Waals surface area contributed by atoms with Crippen molar-refractivity contribution in [3.8, 4) is 5.75 Å². The SMILES string of the molecule is NCCc1c[nH]c2c(Br)ccc(O)c12. The van der Waals surface area contributed by atoms with E-state index < -0.39 is 0 Å². The van der Waals surface area contributed by atoms with Crippen LogP contribution in [0.3, 0.4) is 0 Å². The molecule has 0 unspecified atom stereocenters. The monoisotopic (exact) mass is 254 g/mol. The Bertz CT molecular complexity index is 464. The third kappa shape index (κ3) is 1.40. The number of aromatic amines is 1. The van der Waals surface area contributed by atoms with E-state index in [1.54, 1.807) is 6.07 Å². The lowest BCUT2D eigenvalue weighted by Crippen LogP contribution is -2.01. The summed E-state index contributed by atoms with van der Waals surface area (Å²) in [5, 5.41) is 10.6. The van der Waals surface area contributed by atoms with E-state index in [1.165, 1.54) is 0 Å². The summed E-state index contributed by atoms with van der Waals surface area (Å²) in [4.78, 5) is 3.12. The van der Waals surface area contributed by atoms with Gasteiger partial charge in [0.25, 0.3) is 0 Å². The molecule has 2 rings (SSSR count). The summed E-state index contributed by atoms with van der Waals surface area (Å²) in [6.07, 6.45) is 2.66. The van der Waals surface area contributed by atoms with E-state index in [-0.39, 0.29) is 0 Å². The molecule has 1 aromatic carbocycles. The van der Waals surface area contributed by atoms with Gasteiger partial charge < -0.3 is 15.8 Å². The largest absolute Gasteiger partial charge is 0.507 e. The zero-order valence-corrected chi connectivity index (χ0v) is 9.13. The summed E-state index contributed by atoms with van der Waals surface area (Å²) in [7, 11) is 0. The van der Waals surface area contributed by atoms with Gasteiger partial charge in [-0.15, -0.1) is 0 Å². The number of halogens is 1. The van der Waals surface area contributed by atoms with E-state index in [1.807, 2.05) is 12.3 Å². The molecule has 0 saturated heterocycles. The van der Waals surface area contributed by atoms with E-state index in [0.29, 0.717) is 12.3 Å². The number of aromatic nitrogens is 1. The molecule has 0 aliphatic heterocycles. The minimum atomic E-state index is 0.299. The average molecular weight is 255 g/mol. The summed E-state index contributed by atoms with van der Waals surface area (Å²) in [6.45, 7) is 0.582. The summed E-state index contributed by atoms with van der Waals surface area (Å²) in [5.74, 6) is 0.299. The number of H-pyrrole nitrogens is 1. The first kappa shape index (κ1) is 9.55. The first-order chi connectivity index (χ1) is 6.74. The van der Waals surface area contributed by atoms with Crippen molar-refractivity contribution in [3.63, 3.8) is 0 Å². The lowest BCUT2D eigenvalue weighted by molar-refractivity contribution is 0.481. The highest BCUT2D eigenvalue weighted by atomic mass is 79.9. The number of rotatable bonds is 2. The van der Waals surface area contributed by atoms with Crippen LogP contribution in [-0.4, -0.2) is 16.6 Å². The highest BCUT2D eigenvalue weighted by molar-refractivity contribution is 9.10. The predicted molar refractivity (Wildman–Crippen MR) is 60.4 cm³/mol. The van der Waals surface area contributed by atoms with Gasteiger partial charge in [0.2, 0.25) is 0 Å². The van der Waals surface area contributed by atoms with Crippen LogP contribution in [0.15, 0.2) is 22.8 Å². The van der Waals surface area contributed by atoms with Gasteiger partial charge in [-0.1, -0.05) is 0 Å². The van der Waals surface area contributed by atoms with Crippen molar-refractivity contribution in [1.82, 2.24) is 4.98 Å². The molecule has 74 valence electrons. The van der Waals surface area contributed by atoms with Crippen LogP contribution >= 0.6 is 15.9 Å². The molecule has 4 heteroatoms. The maximum absolute atomic E-state index is 9.71.